The minimum Gasteiger partial charge on any atom is -0.356 e. The molecule has 3 aromatic heterocycles. The first-order valence-corrected chi connectivity index (χ1v) is 10.8. The largest absolute Gasteiger partial charge is 0.356 e. The Morgan fingerprint density at radius 3 is 2.52 bits per heavy atom. The van der Waals surface area contributed by atoms with Gasteiger partial charge in [0.05, 0.1) is 23.8 Å². The Balaban J connectivity index is 1.28. The molecule has 1 aliphatic carbocycles. The zero-order valence-electron chi connectivity index (χ0n) is 17.2. The standard InChI is InChI=1S/C23H25N7O/c31-23(28-17-8-11-30(12-9-17)21-3-1-2-10-26-21)22-20(27-18-13-24-15-25-14-18)7-6-19(29-22)16-4-5-16/h1-3,6-7,10,13-17,27H,4-5,8-9,11-12H2,(H,28,31). The third-order valence-electron chi connectivity index (χ3n) is 5.77. The summed E-state index contributed by atoms with van der Waals surface area (Å²) in [6.07, 6.45) is 10.7. The van der Waals surface area contributed by atoms with Crippen LogP contribution in [0.3, 0.4) is 0 Å². The van der Waals surface area contributed by atoms with E-state index < -0.39 is 0 Å². The molecule has 0 spiro atoms. The number of piperidine rings is 1. The van der Waals surface area contributed by atoms with Gasteiger partial charge in [-0.3, -0.25) is 4.79 Å². The summed E-state index contributed by atoms with van der Waals surface area (Å²) in [6, 6.07) is 10.0. The van der Waals surface area contributed by atoms with Gasteiger partial charge >= 0.3 is 0 Å². The quantitative estimate of drug-likeness (QED) is 0.638. The van der Waals surface area contributed by atoms with E-state index in [-0.39, 0.29) is 11.9 Å². The summed E-state index contributed by atoms with van der Waals surface area (Å²) in [4.78, 5) is 32.7. The van der Waals surface area contributed by atoms with Crippen LogP contribution in [0, 0.1) is 0 Å². The van der Waals surface area contributed by atoms with Crippen molar-refractivity contribution in [3.63, 3.8) is 0 Å². The Labute approximate surface area is 181 Å². The molecule has 31 heavy (non-hydrogen) atoms. The van der Waals surface area contributed by atoms with Crippen LogP contribution in [0.2, 0.25) is 0 Å². The maximum Gasteiger partial charge on any atom is 0.272 e. The monoisotopic (exact) mass is 415 g/mol. The van der Waals surface area contributed by atoms with Crippen LogP contribution < -0.4 is 15.5 Å². The van der Waals surface area contributed by atoms with Crippen molar-refractivity contribution in [1.82, 2.24) is 25.3 Å². The molecule has 1 saturated heterocycles. The number of hydrogen-bond donors (Lipinski definition) is 2. The summed E-state index contributed by atoms with van der Waals surface area (Å²) >= 11 is 0. The molecule has 0 aromatic carbocycles. The van der Waals surface area contributed by atoms with Gasteiger partial charge in [0.15, 0.2) is 5.69 Å². The molecule has 2 fully saturated rings. The van der Waals surface area contributed by atoms with Crippen LogP contribution in [0.15, 0.2) is 55.2 Å². The smallest absolute Gasteiger partial charge is 0.272 e. The number of rotatable bonds is 6. The number of carbonyl (C=O) groups excluding carboxylic acids is 1. The van der Waals surface area contributed by atoms with Crippen LogP contribution in [-0.4, -0.2) is 45.0 Å². The summed E-state index contributed by atoms with van der Waals surface area (Å²) in [5, 5.41) is 6.44. The Morgan fingerprint density at radius 2 is 1.81 bits per heavy atom. The van der Waals surface area contributed by atoms with Crippen LogP contribution in [0.25, 0.3) is 0 Å². The SMILES string of the molecule is O=C(NC1CCN(c2ccccn2)CC1)c1nc(C2CC2)ccc1Nc1cncnc1. The van der Waals surface area contributed by atoms with Gasteiger partial charge in [-0.2, -0.15) is 0 Å². The molecule has 158 valence electrons. The summed E-state index contributed by atoms with van der Waals surface area (Å²) in [5.41, 5.74) is 2.81. The second-order valence-electron chi connectivity index (χ2n) is 8.08. The molecular formula is C23H25N7O. The van der Waals surface area contributed by atoms with Gasteiger partial charge < -0.3 is 15.5 Å². The zero-order valence-corrected chi connectivity index (χ0v) is 17.2. The van der Waals surface area contributed by atoms with E-state index in [1.165, 1.54) is 6.33 Å². The molecule has 1 amide bonds. The molecule has 1 saturated carbocycles. The number of aromatic nitrogens is 4. The fraction of sp³-hybridized carbons (Fsp3) is 0.348. The number of hydrogen-bond acceptors (Lipinski definition) is 7. The molecular weight excluding hydrogens is 390 g/mol. The van der Waals surface area contributed by atoms with Crippen molar-refractivity contribution in [2.24, 2.45) is 0 Å². The summed E-state index contributed by atoms with van der Waals surface area (Å²) in [5.74, 6) is 1.32. The van der Waals surface area contributed by atoms with E-state index in [2.05, 4.69) is 30.5 Å². The molecule has 0 atom stereocenters. The summed E-state index contributed by atoms with van der Waals surface area (Å²) in [6.45, 7) is 1.73. The number of amides is 1. The second kappa shape index (κ2) is 8.67. The normalized spacial score (nSPS) is 16.7. The van der Waals surface area contributed by atoms with Crippen molar-refractivity contribution in [3.05, 3.63) is 66.6 Å². The van der Waals surface area contributed by atoms with Gasteiger partial charge in [-0.25, -0.2) is 19.9 Å². The molecule has 1 aliphatic heterocycles. The number of pyridine rings is 2. The van der Waals surface area contributed by atoms with Gasteiger partial charge in [-0.05, 0) is 49.9 Å². The van der Waals surface area contributed by atoms with Crippen molar-refractivity contribution in [3.8, 4) is 0 Å². The minimum absolute atomic E-state index is 0.117. The lowest BCUT2D eigenvalue weighted by Gasteiger charge is -2.33. The average Bonchev–Trinajstić information content (AvgIpc) is 3.67. The topological polar surface area (TPSA) is 95.9 Å². The predicted octanol–water partition coefficient (Wildman–Crippen LogP) is 3.29. The van der Waals surface area contributed by atoms with E-state index in [0.717, 1.165) is 56.0 Å². The first-order valence-electron chi connectivity index (χ1n) is 10.8. The van der Waals surface area contributed by atoms with Crippen LogP contribution in [0.5, 0.6) is 0 Å². The van der Waals surface area contributed by atoms with Crippen molar-refractivity contribution in [2.75, 3.05) is 23.3 Å². The third kappa shape index (κ3) is 4.63. The summed E-state index contributed by atoms with van der Waals surface area (Å²) in [7, 11) is 0. The molecule has 4 heterocycles. The van der Waals surface area contributed by atoms with Crippen LogP contribution >= 0.6 is 0 Å². The highest BCUT2D eigenvalue weighted by molar-refractivity contribution is 5.98. The fourth-order valence-electron chi connectivity index (χ4n) is 3.92. The van der Waals surface area contributed by atoms with Crippen LogP contribution in [0.4, 0.5) is 17.2 Å². The van der Waals surface area contributed by atoms with Crippen molar-refractivity contribution < 1.29 is 4.79 Å². The lowest BCUT2D eigenvalue weighted by atomic mass is 10.0. The van der Waals surface area contributed by atoms with Gasteiger partial charge in [-0.1, -0.05) is 6.07 Å². The first kappa shape index (κ1) is 19.4. The van der Waals surface area contributed by atoms with Crippen LogP contribution in [-0.2, 0) is 0 Å². The maximum atomic E-state index is 13.2. The van der Waals surface area contributed by atoms with Gasteiger partial charge in [0.25, 0.3) is 5.91 Å². The fourth-order valence-corrected chi connectivity index (χ4v) is 3.92. The van der Waals surface area contributed by atoms with E-state index >= 15 is 0 Å². The molecule has 3 aromatic rings. The average molecular weight is 416 g/mol. The second-order valence-corrected chi connectivity index (χ2v) is 8.08. The Hall–Kier alpha value is -3.55. The van der Waals surface area contributed by atoms with E-state index in [1.54, 1.807) is 12.4 Å². The number of carbonyl (C=O) groups is 1. The van der Waals surface area contributed by atoms with E-state index in [4.69, 9.17) is 4.98 Å². The lowest BCUT2D eigenvalue weighted by Crippen LogP contribution is -2.45. The number of anilines is 3. The Bertz CT molecular complexity index is 1030. The zero-order chi connectivity index (χ0) is 21.0. The van der Waals surface area contributed by atoms with Gasteiger partial charge in [0.1, 0.15) is 12.1 Å². The molecule has 8 nitrogen and oxygen atoms in total. The molecule has 0 bridgehead atoms. The van der Waals surface area contributed by atoms with Crippen molar-refractivity contribution in [2.45, 2.75) is 37.6 Å². The maximum absolute atomic E-state index is 13.2. The highest BCUT2D eigenvalue weighted by Gasteiger charge is 2.28. The summed E-state index contributed by atoms with van der Waals surface area (Å²) < 4.78 is 0. The van der Waals surface area contributed by atoms with Gasteiger partial charge in [-0.15, -0.1) is 0 Å². The van der Waals surface area contributed by atoms with Gasteiger partial charge in [0.2, 0.25) is 0 Å². The predicted molar refractivity (Wildman–Crippen MR) is 118 cm³/mol. The van der Waals surface area contributed by atoms with Gasteiger partial charge in [0, 0.05) is 36.9 Å². The Morgan fingerprint density at radius 1 is 1.00 bits per heavy atom. The van der Waals surface area contributed by atoms with Crippen molar-refractivity contribution in [1.29, 1.82) is 0 Å². The minimum atomic E-state index is -0.141. The molecule has 2 aliphatic rings. The van der Waals surface area contributed by atoms with E-state index in [9.17, 15) is 4.79 Å². The molecule has 8 heteroatoms. The van der Waals surface area contributed by atoms with Crippen LogP contribution in [0.1, 0.15) is 47.8 Å². The molecule has 0 unspecified atom stereocenters. The Kier molecular flexibility index (Phi) is 5.43. The highest BCUT2D eigenvalue weighted by Crippen LogP contribution is 2.39. The number of nitrogens with one attached hydrogen (secondary N) is 2. The van der Waals surface area contributed by atoms with E-state index in [1.807, 2.05) is 36.5 Å². The lowest BCUT2D eigenvalue weighted by molar-refractivity contribution is 0.0926. The molecule has 2 N–H and O–H groups in total. The highest BCUT2D eigenvalue weighted by atomic mass is 16.2. The third-order valence-corrected chi connectivity index (χ3v) is 5.77. The molecule has 5 rings (SSSR count). The first-order chi connectivity index (χ1) is 15.3. The van der Waals surface area contributed by atoms with Crippen molar-refractivity contribution >= 4 is 23.1 Å². The molecule has 0 radical (unpaired) electrons. The number of nitrogens with zero attached hydrogens (tertiary/aromatic N) is 5. The van der Waals surface area contributed by atoms with E-state index in [0.29, 0.717) is 17.3 Å².